The van der Waals surface area contributed by atoms with Gasteiger partial charge in [-0.15, -0.1) is 0 Å². The summed E-state index contributed by atoms with van der Waals surface area (Å²) in [7, 11) is 0. The fourth-order valence-corrected chi connectivity index (χ4v) is 1.13. The van der Waals surface area contributed by atoms with Crippen molar-refractivity contribution in [3.8, 4) is 0 Å². The van der Waals surface area contributed by atoms with Crippen LogP contribution in [0.2, 0.25) is 0 Å². The molecule has 1 aliphatic carbocycles. The van der Waals surface area contributed by atoms with Crippen LogP contribution in [0.4, 0.5) is 13.2 Å². The Bertz CT molecular complexity index is 182. The van der Waals surface area contributed by atoms with Crippen molar-refractivity contribution in [2.75, 3.05) is 13.1 Å². The van der Waals surface area contributed by atoms with E-state index >= 15 is 0 Å². The third kappa shape index (κ3) is 3.81. The molecule has 0 spiro atoms. The lowest BCUT2D eigenvalue weighted by Gasteiger charge is -2.16. The summed E-state index contributed by atoms with van der Waals surface area (Å²) < 4.78 is 35.4. The van der Waals surface area contributed by atoms with Gasteiger partial charge in [-0.25, -0.2) is 0 Å². The highest BCUT2D eigenvalue weighted by Gasteiger charge is 2.38. The molecular weight excluding hydrogens is 199 g/mol. The second kappa shape index (κ2) is 4.46. The topological polar surface area (TPSA) is 52.5 Å². The highest BCUT2D eigenvalue weighted by Crippen LogP contribution is 2.32. The Morgan fingerprint density at radius 2 is 1.79 bits per heavy atom. The minimum absolute atomic E-state index is 0.109. The lowest BCUT2D eigenvalue weighted by Crippen LogP contribution is -2.41. The molecule has 6 heteroatoms. The SMILES string of the molecule is OC(CNCC(O)C(F)(F)F)C1CC1. The molecule has 0 amide bonds. The molecule has 0 saturated heterocycles. The predicted octanol–water partition coefficient (Wildman–Crippen LogP) is 0.270. The largest absolute Gasteiger partial charge is 0.415 e. The third-order valence-corrected chi connectivity index (χ3v) is 2.24. The second-order valence-corrected chi connectivity index (χ2v) is 3.62. The third-order valence-electron chi connectivity index (χ3n) is 2.24. The summed E-state index contributed by atoms with van der Waals surface area (Å²) in [5.74, 6) is 0.227. The van der Waals surface area contributed by atoms with E-state index in [1.807, 2.05) is 0 Å². The molecule has 84 valence electrons. The van der Waals surface area contributed by atoms with Crippen molar-refractivity contribution in [3.63, 3.8) is 0 Å². The van der Waals surface area contributed by atoms with Crippen LogP contribution < -0.4 is 5.32 Å². The van der Waals surface area contributed by atoms with Crippen LogP contribution in [0, 0.1) is 5.92 Å². The Morgan fingerprint density at radius 1 is 1.21 bits per heavy atom. The van der Waals surface area contributed by atoms with Crippen LogP contribution >= 0.6 is 0 Å². The lowest BCUT2D eigenvalue weighted by atomic mass is 10.2. The first-order chi connectivity index (χ1) is 6.41. The van der Waals surface area contributed by atoms with E-state index in [4.69, 9.17) is 5.11 Å². The summed E-state index contributed by atoms with van der Waals surface area (Å²) in [4.78, 5) is 0. The smallest absolute Gasteiger partial charge is 0.392 e. The van der Waals surface area contributed by atoms with Crippen molar-refractivity contribution in [1.82, 2.24) is 5.32 Å². The van der Waals surface area contributed by atoms with Crippen molar-refractivity contribution in [2.24, 2.45) is 5.92 Å². The molecule has 1 saturated carbocycles. The summed E-state index contributed by atoms with van der Waals surface area (Å²) in [6.45, 7) is -0.453. The van der Waals surface area contributed by atoms with E-state index in [1.165, 1.54) is 0 Å². The molecule has 3 nitrogen and oxygen atoms in total. The first kappa shape index (κ1) is 11.7. The molecule has 0 aliphatic heterocycles. The standard InChI is InChI=1S/C8H14F3NO2/c9-8(10,11)7(14)4-12-3-6(13)5-1-2-5/h5-7,12-14H,1-4H2. The van der Waals surface area contributed by atoms with Crippen LogP contribution in [-0.4, -0.2) is 41.7 Å². The second-order valence-electron chi connectivity index (χ2n) is 3.62. The lowest BCUT2D eigenvalue weighted by molar-refractivity contribution is -0.202. The van der Waals surface area contributed by atoms with Gasteiger partial charge in [-0.1, -0.05) is 0 Å². The maximum atomic E-state index is 11.8. The zero-order valence-electron chi connectivity index (χ0n) is 7.59. The first-order valence-corrected chi connectivity index (χ1v) is 4.55. The Balaban J connectivity index is 2.08. The van der Waals surface area contributed by atoms with E-state index in [1.54, 1.807) is 0 Å². The molecule has 1 fully saturated rings. The van der Waals surface area contributed by atoms with E-state index in [0.717, 1.165) is 12.8 Å². The summed E-state index contributed by atoms with van der Waals surface area (Å²) in [6.07, 6.45) is -5.66. The van der Waals surface area contributed by atoms with Crippen LogP contribution in [0.5, 0.6) is 0 Å². The highest BCUT2D eigenvalue weighted by atomic mass is 19.4. The monoisotopic (exact) mass is 213 g/mol. The summed E-state index contributed by atoms with van der Waals surface area (Å²) in [5, 5.41) is 20.3. The average molecular weight is 213 g/mol. The van der Waals surface area contributed by atoms with Gasteiger partial charge in [-0.3, -0.25) is 0 Å². The number of alkyl halides is 3. The zero-order chi connectivity index (χ0) is 10.8. The minimum Gasteiger partial charge on any atom is -0.392 e. The van der Waals surface area contributed by atoms with Gasteiger partial charge in [0.1, 0.15) is 0 Å². The molecule has 1 aliphatic rings. The number of halogens is 3. The quantitative estimate of drug-likeness (QED) is 0.614. The van der Waals surface area contributed by atoms with Gasteiger partial charge in [-0.2, -0.15) is 13.2 Å². The Kier molecular flexibility index (Phi) is 3.74. The zero-order valence-corrected chi connectivity index (χ0v) is 7.59. The molecule has 2 unspecified atom stereocenters. The van der Waals surface area contributed by atoms with Gasteiger partial charge in [0.15, 0.2) is 6.10 Å². The van der Waals surface area contributed by atoms with Crippen molar-refractivity contribution in [2.45, 2.75) is 31.2 Å². The first-order valence-electron chi connectivity index (χ1n) is 4.55. The number of aliphatic hydroxyl groups is 2. The number of nitrogens with one attached hydrogen (secondary N) is 1. The molecule has 0 aromatic rings. The predicted molar refractivity (Wildman–Crippen MR) is 43.7 cm³/mol. The van der Waals surface area contributed by atoms with E-state index in [2.05, 4.69) is 5.32 Å². The molecule has 2 atom stereocenters. The summed E-state index contributed by atoms with van der Waals surface area (Å²) >= 11 is 0. The van der Waals surface area contributed by atoms with Gasteiger partial charge >= 0.3 is 6.18 Å². The fourth-order valence-electron chi connectivity index (χ4n) is 1.13. The fraction of sp³-hybridized carbons (Fsp3) is 1.00. The van der Waals surface area contributed by atoms with Gasteiger partial charge in [0.2, 0.25) is 0 Å². The molecule has 0 bridgehead atoms. The van der Waals surface area contributed by atoms with Crippen LogP contribution in [-0.2, 0) is 0 Å². The van der Waals surface area contributed by atoms with Crippen molar-refractivity contribution in [3.05, 3.63) is 0 Å². The van der Waals surface area contributed by atoms with Crippen LogP contribution in [0.3, 0.4) is 0 Å². The van der Waals surface area contributed by atoms with E-state index in [0.29, 0.717) is 0 Å². The maximum absolute atomic E-state index is 11.8. The normalized spacial score (nSPS) is 22.1. The average Bonchev–Trinajstić information content (AvgIpc) is 2.84. The number of aliphatic hydroxyl groups excluding tert-OH is 2. The van der Waals surface area contributed by atoms with E-state index in [-0.39, 0.29) is 12.5 Å². The summed E-state index contributed by atoms with van der Waals surface area (Å²) in [5.41, 5.74) is 0. The molecule has 1 rings (SSSR count). The molecule has 0 aromatic carbocycles. The summed E-state index contributed by atoms with van der Waals surface area (Å²) in [6, 6.07) is 0. The highest BCUT2D eigenvalue weighted by molar-refractivity contribution is 4.82. The number of rotatable bonds is 5. The Hall–Kier alpha value is -0.330. The van der Waals surface area contributed by atoms with E-state index in [9.17, 15) is 18.3 Å². The minimum atomic E-state index is -4.59. The van der Waals surface area contributed by atoms with Crippen molar-refractivity contribution in [1.29, 1.82) is 0 Å². The number of hydrogen-bond donors (Lipinski definition) is 3. The Morgan fingerprint density at radius 3 is 2.21 bits per heavy atom. The molecule has 3 N–H and O–H groups in total. The van der Waals surface area contributed by atoms with Crippen LogP contribution in [0.15, 0.2) is 0 Å². The van der Waals surface area contributed by atoms with Crippen LogP contribution in [0.1, 0.15) is 12.8 Å². The molecule has 14 heavy (non-hydrogen) atoms. The van der Waals surface area contributed by atoms with Crippen molar-refractivity contribution < 1.29 is 23.4 Å². The van der Waals surface area contributed by atoms with E-state index < -0.39 is 24.9 Å². The van der Waals surface area contributed by atoms with Gasteiger partial charge < -0.3 is 15.5 Å². The van der Waals surface area contributed by atoms with Gasteiger partial charge in [0.05, 0.1) is 6.10 Å². The Labute approximate surface area is 79.9 Å². The maximum Gasteiger partial charge on any atom is 0.415 e. The molecule has 0 aromatic heterocycles. The molecule has 0 radical (unpaired) electrons. The number of hydrogen-bond acceptors (Lipinski definition) is 3. The van der Waals surface area contributed by atoms with Gasteiger partial charge in [0, 0.05) is 13.1 Å². The van der Waals surface area contributed by atoms with Crippen molar-refractivity contribution >= 4 is 0 Å². The molecule has 0 heterocycles. The van der Waals surface area contributed by atoms with Crippen LogP contribution in [0.25, 0.3) is 0 Å². The van der Waals surface area contributed by atoms with Gasteiger partial charge in [0.25, 0.3) is 0 Å². The molecular formula is C8H14F3NO2. The van der Waals surface area contributed by atoms with Gasteiger partial charge in [-0.05, 0) is 18.8 Å².